The molecule has 3 aromatic rings. The first-order valence-corrected chi connectivity index (χ1v) is 13.9. The van der Waals surface area contributed by atoms with Gasteiger partial charge in [0.15, 0.2) is 23.2 Å². The highest BCUT2D eigenvalue weighted by atomic mass is 31.2. The average molecular weight is 603 g/mol. The summed E-state index contributed by atoms with van der Waals surface area (Å²) in [5, 5.41) is 15.8. The third-order valence-electron chi connectivity index (χ3n) is 6.12. The Bertz CT molecular complexity index is 1420. The van der Waals surface area contributed by atoms with Crippen LogP contribution in [0.4, 0.5) is 24.9 Å². The number of nitrogens with two attached hydrogens (primary N) is 1. The minimum atomic E-state index is -4.47. The number of halogens is 3. The lowest BCUT2D eigenvalue weighted by Gasteiger charge is -2.28. The standard InChI is InChI=1S/C23H29F3N7O7P/c1-4-37-19(35)12(2)32-41(36,40-13-8-6-5-7-9-13)38-10-14-16(34)23(26,20(24)25)21(39-14)33-11-29-15-17(28-3)30-22(27)31-18(15)33/h5-9,11-12,14,16,20-21,34H,4,10H2,1-3H3,(H,32,36)(H3,27,28,30,31)/t12-,14-,16-,21-,23+,41-/m1/s1. The molecule has 6 atom stereocenters. The second-order valence-electron chi connectivity index (χ2n) is 8.90. The van der Waals surface area contributed by atoms with Crippen LogP contribution in [0.15, 0.2) is 36.7 Å². The van der Waals surface area contributed by atoms with Crippen molar-refractivity contribution in [2.24, 2.45) is 0 Å². The number of nitrogen functional groups attached to an aromatic ring is 1. The first kappa shape index (κ1) is 30.5. The van der Waals surface area contributed by atoms with Crippen molar-refractivity contribution < 1.29 is 46.2 Å². The third-order valence-corrected chi connectivity index (χ3v) is 7.76. The second-order valence-corrected chi connectivity index (χ2v) is 10.6. The second kappa shape index (κ2) is 12.2. The third kappa shape index (κ3) is 6.08. The molecule has 2 aromatic heterocycles. The number of hydrogen-bond donors (Lipinski definition) is 4. The maximum atomic E-state index is 16.0. The fourth-order valence-electron chi connectivity index (χ4n) is 4.14. The van der Waals surface area contributed by atoms with Crippen molar-refractivity contribution >= 4 is 36.6 Å². The van der Waals surface area contributed by atoms with Gasteiger partial charge in [0, 0.05) is 7.05 Å². The molecule has 1 fully saturated rings. The predicted molar refractivity (Wildman–Crippen MR) is 139 cm³/mol. The van der Waals surface area contributed by atoms with E-state index in [1.54, 1.807) is 25.1 Å². The molecule has 18 heteroatoms. The summed E-state index contributed by atoms with van der Waals surface area (Å²) in [4.78, 5) is 24.1. The Morgan fingerprint density at radius 2 is 2.02 bits per heavy atom. The highest BCUT2D eigenvalue weighted by molar-refractivity contribution is 7.52. The molecule has 4 rings (SSSR count). The van der Waals surface area contributed by atoms with Gasteiger partial charge in [-0.2, -0.15) is 15.1 Å². The Labute approximate surface area is 231 Å². The first-order valence-electron chi connectivity index (χ1n) is 12.4. The van der Waals surface area contributed by atoms with Crippen molar-refractivity contribution in [3.05, 3.63) is 36.7 Å². The molecule has 41 heavy (non-hydrogen) atoms. The van der Waals surface area contributed by atoms with E-state index in [0.717, 1.165) is 10.9 Å². The number of esters is 1. The molecule has 1 aliphatic heterocycles. The molecule has 1 aromatic carbocycles. The van der Waals surface area contributed by atoms with Crippen LogP contribution in [-0.4, -0.2) is 81.2 Å². The van der Waals surface area contributed by atoms with E-state index in [9.17, 15) is 23.2 Å². The summed E-state index contributed by atoms with van der Waals surface area (Å²) in [6.45, 7) is 2.06. The number of carbonyl (C=O) groups is 1. The quantitative estimate of drug-likeness (QED) is 0.175. The minimum absolute atomic E-state index is 0.0422. The van der Waals surface area contributed by atoms with E-state index >= 15 is 4.39 Å². The summed E-state index contributed by atoms with van der Waals surface area (Å²) < 4.78 is 80.2. The van der Waals surface area contributed by atoms with Crippen molar-refractivity contribution in [1.29, 1.82) is 0 Å². The topological polar surface area (TPSA) is 185 Å². The van der Waals surface area contributed by atoms with Crippen LogP contribution in [-0.2, 0) is 23.4 Å². The number of hydrogen-bond acceptors (Lipinski definition) is 12. The zero-order valence-corrected chi connectivity index (χ0v) is 23.0. The highest BCUT2D eigenvalue weighted by Crippen LogP contribution is 2.50. The number of ether oxygens (including phenoxy) is 2. The first-order chi connectivity index (χ1) is 19.4. The zero-order chi connectivity index (χ0) is 29.9. The fourth-order valence-corrected chi connectivity index (χ4v) is 5.64. The number of carbonyl (C=O) groups excluding carboxylic acids is 1. The van der Waals surface area contributed by atoms with Gasteiger partial charge in [0.25, 0.3) is 6.43 Å². The number of rotatable bonds is 12. The lowest BCUT2D eigenvalue weighted by Crippen LogP contribution is -2.49. The van der Waals surface area contributed by atoms with Crippen molar-refractivity contribution in [2.75, 3.05) is 31.3 Å². The summed E-state index contributed by atoms with van der Waals surface area (Å²) in [5.74, 6) is -0.823. The number of aliphatic hydroxyl groups excluding tert-OH is 1. The van der Waals surface area contributed by atoms with Gasteiger partial charge < -0.3 is 30.2 Å². The number of alkyl halides is 3. The zero-order valence-electron chi connectivity index (χ0n) is 22.1. The summed E-state index contributed by atoms with van der Waals surface area (Å²) >= 11 is 0. The van der Waals surface area contributed by atoms with Crippen molar-refractivity contribution in [3.8, 4) is 5.75 Å². The molecule has 0 spiro atoms. The number of benzene rings is 1. The number of aromatic nitrogens is 4. The predicted octanol–water partition coefficient (Wildman–Crippen LogP) is 2.43. The fraction of sp³-hybridized carbons (Fsp3) is 0.478. The van der Waals surface area contributed by atoms with E-state index in [1.165, 1.54) is 26.1 Å². The Balaban J connectivity index is 1.62. The molecule has 0 amide bonds. The number of anilines is 2. The van der Waals surface area contributed by atoms with Crippen LogP contribution in [0, 0.1) is 0 Å². The average Bonchev–Trinajstić information content (AvgIpc) is 3.46. The van der Waals surface area contributed by atoms with Gasteiger partial charge in [-0.25, -0.2) is 22.7 Å². The van der Waals surface area contributed by atoms with Gasteiger partial charge in [0.2, 0.25) is 11.6 Å². The van der Waals surface area contributed by atoms with Crippen molar-refractivity contribution in [3.63, 3.8) is 0 Å². The molecule has 14 nitrogen and oxygen atoms in total. The number of aliphatic hydroxyl groups is 1. The summed E-state index contributed by atoms with van der Waals surface area (Å²) in [7, 11) is -2.96. The lowest BCUT2D eigenvalue weighted by molar-refractivity contribution is -0.144. The Morgan fingerprint density at radius 1 is 1.32 bits per heavy atom. The van der Waals surface area contributed by atoms with Crippen LogP contribution in [0.1, 0.15) is 20.1 Å². The van der Waals surface area contributed by atoms with Gasteiger partial charge in [-0.3, -0.25) is 13.9 Å². The lowest BCUT2D eigenvalue weighted by atomic mass is 9.96. The Kier molecular flexibility index (Phi) is 9.03. The number of imidazole rings is 1. The monoisotopic (exact) mass is 603 g/mol. The smallest absolute Gasteiger partial charge is 0.459 e. The van der Waals surface area contributed by atoms with E-state index in [4.69, 9.17) is 24.3 Å². The van der Waals surface area contributed by atoms with Crippen LogP contribution in [0.3, 0.4) is 0 Å². The molecular formula is C23H29F3N7O7P. The van der Waals surface area contributed by atoms with E-state index < -0.39 is 56.9 Å². The normalized spacial score (nSPS) is 24.7. The number of nitrogens with zero attached hydrogens (tertiary/aromatic N) is 4. The molecule has 3 heterocycles. The molecule has 0 radical (unpaired) electrons. The van der Waals surface area contributed by atoms with E-state index in [0.29, 0.717) is 0 Å². The molecule has 0 bridgehead atoms. The molecule has 5 N–H and O–H groups in total. The maximum Gasteiger partial charge on any atom is 0.459 e. The Morgan fingerprint density at radius 3 is 2.66 bits per heavy atom. The van der Waals surface area contributed by atoms with Gasteiger partial charge in [0.05, 0.1) is 19.5 Å². The maximum absolute atomic E-state index is 16.0. The van der Waals surface area contributed by atoms with Crippen LogP contribution >= 0.6 is 7.75 Å². The molecule has 0 aliphatic carbocycles. The summed E-state index contributed by atoms with van der Waals surface area (Å²) in [6, 6.07) is 6.52. The Hall–Kier alpha value is -3.50. The number of fused-ring (bicyclic) bond motifs is 1. The number of para-hydroxylation sites is 1. The van der Waals surface area contributed by atoms with E-state index in [-0.39, 0.29) is 35.3 Å². The molecule has 1 saturated heterocycles. The molecule has 224 valence electrons. The van der Waals surface area contributed by atoms with E-state index in [2.05, 4.69) is 25.4 Å². The highest BCUT2D eigenvalue weighted by Gasteiger charge is 2.64. The van der Waals surface area contributed by atoms with Gasteiger partial charge >= 0.3 is 13.7 Å². The van der Waals surface area contributed by atoms with Gasteiger partial charge in [-0.15, -0.1) is 0 Å². The molecule has 0 unspecified atom stereocenters. The van der Waals surface area contributed by atoms with Crippen LogP contribution in [0.5, 0.6) is 5.75 Å². The van der Waals surface area contributed by atoms with E-state index in [1.807, 2.05) is 0 Å². The molecule has 1 aliphatic rings. The van der Waals surface area contributed by atoms with Gasteiger partial charge in [-0.1, -0.05) is 18.2 Å². The minimum Gasteiger partial charge on any atom is -0.465 e. The van der Waals surface area contributed by atoms with Crippen LogP contribution < -0.4 is 20.7 Å². The van der Waals surface area contributed by atoms with Crippen molar-refractivity contribution in [1.82, 2.24) is 24.6 Å². The SMILES string of the molecule is CCOC(=O)[C@@H](C)N[P@@](=O)(OC[C@H]1O[C@@H](n2cnc3c(NC)nc(N)nc32)[C@@](F)(C(F)F)[C@@H]1O)Oc1ccccc1. The molecular weight excluding hydrogens is 574 g/mol. The van der Waals surface area contributed by atoms with Crippen LogP contribution in [0.25, 0.3) is 11.2 Å². The van der Waals surface area contributed by atoms with Crippen molar-refractivity contribution in [2.45, 2.75) is 50.4 Å². The summed E-state index contributed by atoms with van der Waals surface area (Å²) in [5.41, 5.74) is 1.95. The largest absolute Gasteiger partial charge is 0.465 e. The van der Waals surface area contributed by atoms with Gasteiger partial charge in [-0.05, 0) is 26.0 Å². The summed E-state index contributed by atoms with van der Waals surface area (Å²) in [6.07, 6.45) is -9.17. The van der Waals surface area contributed by atoms with Gasteiger partial charge in [0.1, 0.15) is 24.0 Å². The van der Waals surface area contributed by atoms with Crippen LogP contribution in [0.2, 0.25) is 0 Å². The molecule has 0 saturated carbocycles. The number of nitrogens with one attached hydrogen (secondary N) is 2.